The molecule has 11 aromatic rings. The van der Waals surface area contributed by atoms with Crippen LogP contribution in [0, 0.1) is 0 Å². The Morgan fingerprint density at radius 2 is 1.00 bits per heavy atom. The first-order valence-corrected chi connectivity index (χ1v) is 18.3. The number of nitrogens with zero attached hydrogens (tertiary/aromatic N) is 2. The van der Waals surface area contributed by atoms with E-state index in [1.54, 1.807) is 0 Å². The Labute approximate surface area is 298 Å². The number of fused-ring (bicyclic) bond motifs is 11. The first-order valence-electron chi connectivity index (χ1n) is 17.4. The highest BCUT2D eigenvalue weighted by Crippen LogP contribution is 2.48. The molecule has 0 atom stereocenters. The maximum Gasteiger partial charge on any atom is 0.0554 e. The Morgan fingerprint density at radius 1 is 0.392 bits per heavy atom. The summed E-state index contributed by atoms with van der Waals surface area (Å²) < 4.78 is 5.01. The fourth-order valence-corrected chi connectivity index (χ4v) is 9.49. The molecular weight excluding hydrogens is 637 g/mol. The number of benzene rings is 9. The molecule has 238 valence electrons. The summed E-state index contributed by atoms with van der Waals surface area (Å²) in [6.07, 6.45) is 0. The summed E-state index contributed by atoms with van der Waals surface area (Å²) >= 11 is 1.89. The number of hydrogen-bond acceptors (Lipinski definition) is 2. The average molecular weight is 667 g/mol. The average Bonchev–Trinajstić information content (AvgIpc) is 3.75. The number of hydrogen-bond donors (Lipinski definition) is 0. The van der Waals surface area contributed by atoms with Gasteiger partial charge in [0, 0.05) is 48.0 Å². The second kappa shape index (κ2) is 11.0. The minimum Gasteiger partial charge on any atom is -0.310 e. The van der Waals surface area contributed by atoms with E-state index in [1.807, 2.05) is 11.3 Å². The van der Waals surface area contributed by atoms with Crippen molar-refractivity contribution in [3.63, 3.8) is 0 Å². The maximum absolute atomic E-state index is 2.49. The van der Waals surface area contributed by atoms with Gasteiger partial charge in [-0.15, -0.1) is 11.3 Å². The molecule has 0 saturated heterocycles. The van der Waals surface area contributed by atoms with Gasteiger partial charge in [-0.1, -0.05) is 121 Å². The molecule has 0 N–H and O–H groups in total. The largest absolute Gasteiger partial charge is 0.310 e. The quantitative estimate of drug-likeness (QED) is 0.170. The summed E-state index contributed by atoms with van der Waals surface area (Å²) in [5.41, 5.74) is 7.01. The Kier molecular flexibility index (Phi) is 6.16. The van der Waals surface area contributed by atoms with E-state index in [9.17, 15) is 0 Å². The first-order chi connectivity index (χ1) is 25.3. The number of aromatic nitrogens is 1. The Balaban J connectivity index is 1.23. The van der Waals surface area contributed by atoms with Gasteiger partial charge in [-0.25, -0.2) is 0 Å². The van der Waals surface area contributed by atoms with Crippen LogP contribution < -0.4 is 4.90 Å². The second-order valence-corrected chi connectivity index (χ2v) is 14.4. The lowest BCUT2D eigenvalue weighted by Gasteiger charge is -2.27. The summed E-state index contributed by atoms with van der Waals surface area (Å²) in [7, 11) is 0. The highest BCUT2D eigenvalue weighted by molar-refractivity contribution is 7.26. The highest BCUT2D eigenvalue weighted by Gasteiger charge is 2.22. The molecule has 11 rings (SSSR count). The topological polar surface area (TPSA) is 8.17 Å². The van der Waals surface area contributed by atoms with Gasteiger partial charge in [-0.05, 0) is 93.0 Å². The summed E-state index contributed by atoms with van der Waals surface area (Å²) in [5.74, 6) is 0. The number of para-hydroxylation sites is 2. The molecule has 2 heterocycles. The maximum atomic E-state index is 2.49. The zero-order valence-corrected chi connectivity index (χ0v) is 28.4. The van der Waals surface area contributed by atoms with Crippen LogP contribution in [-0.4, -0.2) is 4.57 Å². The van der Waals surface area contributed by atoms with Crippen LogP contribution in [0.5, 0.6) is 0 Å². The van der Waals surface area contributed by atoms with E-state index in [0.717, 1.165) is 17.1 Å². The fraction of sp³-hybridized carbons (Fsp3) is 0. The molecule has 0 aliphatic carbocycles. The third-order valence-corrected chi connectivity index (χ3v) is 11.7. The van der Waals surface area contributed by atoms with Crippen molar-refractivity contribution in [3.05, 3.63) is 182 Å². The third-order valence-electron chi connectivity index (χ3n) is 10.5. The zero-order chi connectivity index (χ0) is 33.5. The number of thiophene rings is 1. The SMILES string of the molecule is c1ccc(-n2c3ccccc3c3cc(N(c4ccc5ccc6ccccc6c5c4)c4cccc5sc6c7ccccc7ccc6c45)ccc32)cc1. The lowest BCUT2D eigenvalue weighted by Crippen LogP contribution is -2.10. The van der Waals surface area contributed by atoms with E-state index in [1.165, 1.54) is 80.0 Å². The molecule has 2 aromatic heterocycles. The van der Waals surface area contributed by atoms with Crippen LogP contribution >= 0.6 is 11.3 Å². The molecule has 9 aromatic carbocycles. The third kappa shape index (κ3) is 4.29. The van der Waals surface area contributed by atoms with Crippen LogP contribution in [0.1, 0.15) is 0 Å². The fourth-order valence-electron chi connectivity index (χ4n) is 8.23. The molecule has 0 saturated carbocycles. The molecule has 0 aliphatic heterocycles. The zero-order valence-electron chi connectivity index (χ0n) is 27.6. The molecule has 0 amide bonds. The van der Waals surface area contributed by atoms with Crippen molar-refractivity contribution >= 4 is 103 Å². The second-order valence-electron chi connectivity index (χ2n) is 13.3. The molecule has 0 fully saturated rings. The van der Waals surface area contributed by atoms with Crippen LogP contribution in [-0.2, 0) is 0 Å². The monoisotopic (exact) mass is 666 g/mol. The standard InChI is InChI=1S/C48H30N2S/c1-2-13-34(14-3-1)50-43-18-9-8-17-39(43)42-30-36(26-28-44(42)50)49(35-25-23-33-22-21-31-11-4-6-15-37(31)41(33)29-35)45-19-10-20-46-47(45)40-27-24-32-12-5-7-16-38(32)48(40)51-46/h1-30H. The Hall–Kier alpha value is -6.42. The van der Waals surface area contributed by atoms with Crippen LogP contribution in [0.15, 0.2) is 182 Å². The van der Waals surface area contributed by atoms with Crippen molar-refractivity contribution < 1.29 is 0 Å². The van der Waals surface area contributed by atoms with Crippen molar-refractivity contribution in [2.45, 2.75) is 0 Å². The van der Waals surface area contributed by atoms with Crippen molar-refractivity contribution in [3.8, 4) is 5.69 Å². The minimum atomic E-state index is 1.13. The van der Waals surface area contributed by atoms with E-state index in [2.05, 4.69) is 191 Å². The molecule has 0 unspecified atom stereocenters. The van der Waals surface area contributed by atoms with Gasteiger partial charge in [-0.2, -0.15) is 0 Å². The van der Waals surface area contributed by atoms with Gasteiger partial charge in [0.1, 0.15) is 0 Å². The molecule has 2 nitrogen and oxygen atoms in total. The predicted molar refractivity (Wildman–Crippen MR) is 221 cm³/mol. The van der Waals surface area contributed by atoms with Gasteiger partial charge in [0.2, 0.25) is 0 Å². The summed E-state index contributed by atoms with van der Waals surface area (Å²) in [6.45, 7) is 0. The van der Waals surface area contributed by atoms with Crippen LogP contribution in [0.3, 0.4) is 0 Å². The van der Waals surface area contributed by atoms with Gasteiger partial charge >= 0.3 is 0 Å². The van der Waals surface area contributed by atoms with Crippen LogP contribution in [0.4, 0.5) is 17.1 Å². The summed E-state index contributed by atoms with van der Waals surface area (Å²) in [4.78, 5) is 2.49. The van der Waals surface area contributed by atoms with Gasteiger partial charge < -0.3 is 9.47 Å². The Morgan fingerprint density at radius 3 is 1.84 bits per heavy atom. The molecule has 3 heteroatoms. The van der Waals surface area contributed by atoms with Crippen molar-refractivity contribution in [2.75, 3.05) is 4.90 Å². The van der Waals surface area contributed by atoms with Gasteiger partial charge in [0.25, 0.3) is 0 Å². The highest BCUT2D eigenvalue weighted by atomic mass is 32.1. The van der Waals surface area contributed by atoms with Gasteiger partial charge in [0.15, 0.2) is 0 Å². The van der Waals surface area contributed by atoms with E-state index in [0.29, 0.717) is 0 Å². The van der Waals surface area contributed by atoms with E-state index >= 15 is 0 Å². The van der Waals surface area contributed by atoms with E-state index in [-0.39, 0.29) is 0 Å². The van der Waals surface area contributed by atoms with Crippen LogP contribution in [0.2, 0.25) is 0 Å². The minimum absolute atomic E-state index is 1.13. The molecule has 51 heavy (non-hydrogen) atoms. The van der Waals surface area contributed by atoms with Gasteiger partial charge in [-0.3, -0.25) is 0 Å². The number of anilines is 3. The van der Waals surface area contributed by atoms with Crippen molar-refractivity contribution in [1.82, 2.24) is 4.57 Å². The Bertz CT molecular complexity index is 3150. The number of rotatable bonds is 4. The van der Waals surface area contributed by atoms with E-state index < -0.39 is 0 Å². The normalized spacial score (nSPS) is 11.9. The smallest absolute Gasteiger partial charge is 0.0554 e. The summed E-state index contributed by atoms with van der Waals surface area (Å²) in [5, 5.41) is 12.7. The molecule has 0 bridgehead atoms. The molecule has 0 spiro atoms. The van der Waals surface area contributed by atoms with E-state index in [4.69, 9.17) is 0 Å². The lowest BCUT2D eigenvalue weighted by molar-refractivity contribution is 1.18. The van der Waals surface area contributed by atoms with Crippen molar-refractivity contribution in [2.24, 2.45) is 0 Å². The lowest BCUT2D eigenvalue weighted by atomic mass is 10.00. The molecular formula is C48H30N2S. The van der Waals surface area contributed by atoms with Crippen molar-refractivity contribution in [1.29, 1.82) is 0 Å². The first kappa shape index (κ1) is 28.4. The van der Waals surface area contributed by atoms with Gasteiger partial charge in [0.05, 0.1) is 16.7 Å². The predicted octanol–water partition coefficient (Wildman–Crippen LogP) is 14.1. The summed E-state index contributed by atoms with van der Waals surface area (Å²) in [6, 6.07) is 66.8. The van der Waals surface area contributed by atoms with Crippen LogP contribution in [0.25, 0.3) is 80.0 Å². The molecule has 0 aliphatic rings. The molecule has 0 radical (unpaired) electrons.